The van der Waals surface area contributed by atoms with Crippen LogP contribution in [-0.4, -0.2) is 38.2 Å². The average Bonchev–Trinajstić information content (AvgIpc) is 2.96. The van der Waals surface area contributed by atoms with E-state index in [4.69, 9.17) is 20.9 Å². The van der Waals surface area contributed by atoms with E-state index in [-0.39, 0.29) is 0 Å². The molecule has 2 aromatic rings. The zero-order valence-corrected chi connectivity index (χ0v) is 13.3. The first kappa shape index (κ1) is 15.2. The molecule has 0 amide bonds. The molecule has 6 heteroatoms. The molecule has 1 aliphatic rings. The van der Waals surface area contributed by atoms with Crippen LogP contribution in [0.15, 0.2) is 40.8 Å². The number of benzene rings is 1. The van der Waals surface area contributed by atoms with Crippen LogP contribution in [0.25, 0.3) is 0 Å². The highest BCUT2D eigenvalue weighted by molar-refractivity contribution is 6.30. The lowest BCUT2D eigenvalue weighted by molar-refractivity contribution is 0.224. The van der Waals surface area contributed by atoms with Gasteiger partial charge in [0, 0.05) is 43.0 Å². The Morgan fingerprint density at radius 3 is 2.73 bits per heavy atom. The van der Waals surface area contributed by atoms with E-state index >= 15 is 0 Å². The predicted octanol–water partition coefficient (Wildman–Crippen LogP) is 3.23. The second-order valence-electron chi connectivity index (χ2n) is 5.32. The van der Waals surface area contributed by atoms with Crippen LogP contribution in [0.2, 0.25) is 5.02 Å². The van der Waals surface area contributed by atoms with Crippen LogP contribution in [0.3, 0.4) is 0 Å². The van der Waals surface area contributed by atoms with Gasteiger partial charge in [0.1, 0.15) is 5.76 Å². The van der Waals surface area contributed by atoms with Crippen molar-refractivity contribution < 1.29 is 9.25 Å². The van der Waals surface area contributed by atoms with Gasteiger partial charge in [-0.05, 0) is 24.3 Å². The summed E-state index contributed by atoms with van der Waals surface area (Å²) in [6.07, 6.45) is 0. The normalized spacial score (nSPS) is 16.0. The number of piperazine rings is 1. The smallest absolute Gasteiger partial charge is 0.216 e. The minimum absolute atomic E-state index is 0.634. The van der Waals surface area contributed by atoms with Gasteiger partial charge < -0.3 is 9.32 Å². The Balaban J connectivity index is 1.53. The van der Waals surface area contributed by atoms with Gasteiger partial charge in [-0.25, -0.2) is 5.48 Å². The second kappa shape index (κ2) is 7.05. The molecule has 0 unspecified atom stereocenters. The molecule has 0 radical (unpaired) electrons. The quantitative estimate of drug-likeness (QED) is 0.856. The number of anilines is 2. The Morgan fingerprint density at radius 1 is 1.18 bits per heavy atom. The fourth-order valence-electron chi connectivity index (χ4n) is 2.68. The van der Waals surface area contributed by atoms with Crippen LogP contribution in [0.5, 0.6) is 0 Å². The topological polar surface area (TPSA) is 40.9 Å². The molecule has 1 saturated heterocycles. The highest BCUT2D eigenvalue weighted by atomic mass is 35.5. The lowest BCUT2D eigenvalue weighted by atomic mass is 10.2. The summed E-state index contributed by atoms with van der Waals surface area (Å²) >= 11 is 6.06. The maximum absolute atomic E-state index is 6.06. The molecular weight excluding hydrogens is 302 g/mol. The highest BCUT2D eigenvalue weighted by Gasteiger charge is 2.18. The third-order valence-electron chi connectivity index (χ3n) is 3.79. The summed E-state index contributed by atoms with van der Waals surface area (Å²) < 4.78 is 5.65. The molecule has 1 aliphatic heterocycles. The molecule has 2 heterocycles. The van der Waals surface area contributed by atoms with E-state index in [0.717, 1.165) is 43.5 Å². The Hall–Kier alpha value is -1.69. The summed E-state index contributed by atoms with van der Waals surface area (Å²) in [6.45, 7) is 4.80. The zero-order chi connectivity index (χ0) is 15.4. The monoisotopic (exact) mass is 321 g/mol. The summed E-state index contributed by atoms with van der Waals surface area (Å²) in [7, 11) is 1.57. The van der Waals surface area contributed by atoms with Gasteiger partial charge >= 0.3 is 0 Å². The van der Waals surface area contributed by atoms with E-state index in [1.165, 1.54) is 5.69 Å². The molecule has 0 saturated carbocycles. The predicted molar refractivity (Wildman–Crippen MR) is 88.3 cm³/mol. The van der Waals surface area contributed by atoms with Crippen molar-refractivity contribution in [1.29, 1.82) is 0 Å². The molecule has 0 aliphatic carbocycles. The van der Waals surface area contributed by atoms with E-state index in [1.54, 1.807) is 7.11 Å². The standard InChI is InChI=1S/C16H20ClN3O2/c1-21-18-16-6-5-15(22-16)12-19-7-9-20(10-8-19)14-4-2-3-13(17)11-14/h2-6,11,18H,7-10,12H2,1H3. The van der Waals surface area contributed by atoms with Crippen LogP contribution in [0.4, 0.5) is 11.6 Å². The van der Waals surface area contributed by atoms with Crippen LogP contribution in [0, 0.1) is 0 Å². The van der Waals surface area contributed by atoms with Crippen LogP contribution >= 0.6 is 11.6 Å². The van der Waals surface area contributed by atoms with Gasteiger partial charge in [0.2, 0.25) is 5.88 Å². The first-order valence-electron chi connectivity index (χ1n) is 7.35. The van der Waals surface area contributed by atoms with Crippen molar-refractivity contribution in [2.24, 2.45) is 0 Å². The fourth-order valence-corrected chi connectivity index (χ4v) is 2.86. The van der Waals surface area contributed by atoms with Crippen molar-refractivity contribution in [3.63, 3.8) is 0 Å². The Kier molecular flexibility index (Phi) is 4.87. The Morgan fingerprint density at radius 2 is 2.00 bits per heavy atom. The van der Waals surface area contributed by atoms with Crippen molar-refractivity contribution >= 4 is 23.2 Å². The van der Waals surface area contributed by atoms with Crippen molar-refractivity contribution in [2.45, 2.75) is 6.54 Å². The molecule has 5 nitrogen and oxygen atoms in total. The molecular formula is C16H20ClN3O2. The maximum atomic E-state index is 6.06. The van der Waals surface area contributed by atoms with E-state index in [0.29, 0.717) is 5.88 Å². The minimum Gasteiger partial charge on any atom is -0.442 e. The number of halogens is 1. The lowest BCUT2D eigenvalue weighted by Crippen LogP contribution is -2.45. The Bertz CT molecular complexity index is 609. The van der Waals surface area contributed by atoms with E-state index in [9.17, 15) is 0 Å². The third-order valence-corrected chi connectivity index (χ3v) is 4.02. The number of nitrogens with zero attached hydrogens (tertiary/aromatic N) is 2. The summed E-state index contributed by atoms with van der Waals surface area (Å²) in [5.41, 5.74) is 3.88. The van der Waals surface area contributed by atoms with E-state index in [1.807, 2.05) is 30.3 Å². The molecule has 0 bridgehead atoms. The van der Waals surface area contributed by atoms with Crippen LogP contribution in [0.1, 0.15) is 5.76 Å². The highest BCUT2D eigenvalue weighted by Crippen LogP contribution is 2.22. The van der Waals surface area contributed by atoms with Gasteiger partial charge in [-0.3, -0.25) is 9.74 Å². The van der Waals surface area contributed by atoms with E-state index in [2.05, 4.69) is 21.3 Å². The molecule has 1 fully saturated rings. The number of nitrogens with one attached hydrogen (secondary N) is 1. The molecule has 3 rings (SSSR count). The Labute approximate surface area is 135 Å². The first-order valence-corrected chi connectivity index (χ1v) is 7.73. The van der Waals surface area contributed by atoms with Crippen LogP contribution < -0.4 is 10.4 Å². The third kappa shape index (κ3) is 3.74. The van der Waals surface area contributed by atoms with Crippen LogP contribution in [-0.2, 0) is 11.4 Å². The first-order chi connectivity index (χ1) is 10.7. The second-order valence-corrected chi connectivity index (χ2v) is 5.75. The summed E-state index contributed by atoms with van der Waals surface area (Å²) in [5.74, 6) is 1.57. The zero-order valence-electron chi connectivity index (χ0n) is 12.6. The average molecular weight is 322 g/mol. The van der Waals surface area contributed by atoms with Crippen molar-refractivity contribution in [1.82, 2.24) is 4.90 Å². The lowest BCUT2D eigenvalue weighted by Gasteiger charge is -2.35. The molecule has 1 N–H and O–H groups in total. The SMILES string of the molecule is CONc1ccc(CN2CCN(c3cccc(Cl)c3)CC2)o1. The van der Waals surface area contributed by atoms with Crippen molar-refractivity contribution in [2.75, 3.05) is 43.7 Å². The summed E-state index contributed by atoms with van der Waals surface area (Å²) in [6, 6.07) is 11.9. The number of rotatable bonds is 5. The summed E-state index contributed by atoms with van der Waals surface area (Å²) in [5, 5.41) is 0.786. The van der Waals surface area contributed by atoms with Gasteiger partial charge in [-0.1, -0.05) is 17.7 Å². The van der Waals surface area contributed by atoms with Gasteiger partial charge in [0.15, 0.2) is 0 Å². The molecule has 0 atom stereocenters. The van der Waals surface area contributed by atoms with Gasteiger partial charge in [-0.2, -0.15) is 0 Å². The number of hydrogen-bond acceptors (Lipinski definition) is 5. The molecule has 1 aromatic carbocycles. The fraction of sp³-hybridized carbons (Fsp3) is 0.375. The van der Waals surface area contributed by atoms with E-state index < -0.39 is 0 Å². The van der Waals surface area contributed by atoms with Crippen molar-refractivity contribution in [3.8, 4) is 0 Å². The van der Waals surface area contributed by atoms with Gasteiger partial charge in [0.05, 0.1) is 13.7 Å². The largest absolute Gasteiger partial charge is 0.442 e. The van der Waals surface area contributed by atoms with Gasteiger partial charge in [-0.15, -0.1) is 0 Å². The summed E-state index contributed by atoms with van der Waals surface area (Å²) in [4.78, 5) is 9.58. The maximum Gasteiger partial charge on any atom is 0.216 e. The molecule has 22 heavy (non-hydrogen) atoms. The number of hydrogen-bond donors (Lipinski definition) is 1. The molecule has 1 aromatic heterocycles. The molecule has 118 valence electrons. The number of furan rings is 1. The van der Waals surface area contributed by atoms with Gasteiger partial charge in [0.25, 0.3) is 0 Å². The minimum atomic E-state index is 0.634. The van der Waals surface area contributed by atoms with Crippen molar-refractivity contribution in [3.05, 3.63) is 47.2 Å². The molecule has 0 spiro atoms.